The SMILES string of the molecule is CCCNC(CCCOCC(C)C)CC(C)C. The van der Waals surface area contributed by atoms with Crippen LogP contribution in [0.25, 0.3) is 0 Å². The van der Waals surface area contributed by atoms with Gasteiger partial charge >= 0.3 is 0 Å². The molecular weight excluding hydrogens is 210 g/mol. The molecule has 0 radical (unpaired) electrons. The lowest BCUT2D eigenvalue weighted by Gasteiger charge is -2.20. The summed E-state index contributed by atoms with van der Waals surface area (Å²) in [5.74, 6) is 1.43. The highest BCUT2D eigenvalue weighted by molar-refractivity contribution is 4.68. The highest BCUT2D eigenvalue weighted by Crippen LogP contribution is 2.10. The fraction of sp³-hybridized carbons (Fsp3) is 1.00. The third kappa shape index (κ3) is 12.2. The Morgan fingerprint density at radius 2 is 1.76 bits per heavy atom. The average molecular weight is 243 g/mol. The summed E-state index contributed by atoms with van der Waals surface area (Å²) in [6.45, 7) is 14.2. The second-order valence-corrected chi connectivity index (χ2v) is 5.89. The fourth-order valence-corrected chi connectivity index (χ4v) is 1.97. The van der Waals surface area contributed by atoms with E-state index in [1.54, 1.807) is 0 Å². The summed E-state index contributed by atoms with van der Waals surface area (Å²) in [6, 6.07) is 0.678. The van der Waals surface area contributed by atoms with Gasteiger partial charge in [-0.25, -0.2) is 0 Å². The largest absolute Gasteiger partial charge is 0.381 e. The van der Waals surface area contributed by atoms with Crippen LogP contribution in [-0.2, 0) is 4.74 Å². The van der Waals surface area contributed by atoms with Gasteiger partial charge in [0.1, 0.15) is 0 Å². The first-order valence-corrected chi connectivity index (χ1v) is 7.37. The molecule has 0 aromatic carbocycles. The van der Waals surface area contributed by atoms with Crippen molar-refractivity contribution in [2.75, 3.05) is 19.8 Å². The van der Waals surface area contributed by atoms with Gasteiger partial charge in [0.15, 0.2) is 0 Å². The van der Waals surface area contributed by atoms with E-state index in [0.29, 0.717) is 12.0 Å². The van der Waals surface area contributed by atoms with Crippen LogP contribution in [0.15, 0.2) is 0 Å². The van der Waals surface area contributed by atoms with E-state index >= 15 is 0 Å². The molecule has 0 aliphatic heterocycles. The molecule has 2 heteroatoms. The molecule has 1 atom stereocenters. The van der Waals surface area contributed by atoms with Gasteiger partial charge in [-0.05, 0) is 44.1 Å². The predicted molar refractivity (Wildman–Crippen MR) is 76.4 cm³/mol. The Bertz CT molecular complexity index is 157. The van der Waals surface area contributed by atoms with Gasteiger partial charge in [0, 0.05) is 19.3 Å². The van der Waals surface area contributed by atoms with E-state index < -0.39 is 0 Å². The van der Waals surface area contributed by atoms with Crippen molar-refractivity contribution in [2.24, 2.45) is 11.8 Å². The van der Waals surface area contributed by atoms with Gasteiger partial charge in [-0.2, -0.15) is 0 Å². The molecule has 0 saturated carbocycles. The Balaban J connectivity index is 3.60. The molecule has 1 N–H and O–H groups in total. The third-order valence-electron chi connectivity index (χ3n) is 2.73. The van der Waals surface area contributed by atoms with Crippen molar-refractivity contribution in [3.8, 4) is 0 Å². The molecule has 0 rings (SSSR count). The van der Waals surface area contributed by atoms with E-state index in [1.165, 1.54) is 25.7 Å². The van der Waals surface area contributed by atoms with Gasteiger partial charge in [0.2, 0.25) is 0 Å². The van der Waals surface area contributed by atoms with Gasteiger partial charge in [-0.1, -0.05) is 34.6 Å². The zero-order valence-electron chi connectivity index (χ0n) is 12.6. The van der Waals surface area contributed by atoms with Crippen LogP contribution in [0.4, 0.5) is 0 Å². The number of nitrogens with one attached hydrogen (secondary N) is 1. The summed E-state index contributed by atoms with van der Waals surface area (Å²) >= 11 is 0. The molecule has 0 saturated heterocycles. The normalized spacial score (nSPS) is 13.6. The molecule has 0 aromatic heterocycles. The quantitative estimate of drug-likeness (QED) is 0.556. The molecule has 0 aliphatic rings. The van der Waals surface area contributed by atoms with Crippen LogP contribution in [0.1, 0.15) is 60.3 Å². The summed E-state index contributed by atoms with van der Waals surface area (Å²) in [6.07, 6.45) is 4.93. The number of rotatable bonds is 11. The van der Waals surface area contributed by atoms with E-state index in [0.717, 1.165) is 25.7 Å². The maximum absolute atomic E-state index is 5.63. The van der Waals surface area contributed by atoms with Gasteiger partial charge in [0.25, 0.3) is 0 Å². The molecule has 17 heavy (non-hydrogen) atoms. The van der Waals surface area contributed by atoms with Crippen molar-refractivity contribution in [3.05, 3.63) is 0 Å². The predicted octanol–water partition coefficient (Wildman–Crippen LogP) is 3.85. The van der Waals surface area contributed by atoms with Crippen LogP contribution in [-0.4, -0.2) is 25.8 Å². The van der Waals surface area contributed by atoms with Crippen molar-refractivity contribution in [2.45, 2.75) is 66.3 Å². The molecule has 0 spiro atoms. The first-order chi connectivity index (χ1) is 8.06. The molecular formula is C15H33NO. The molecule has 0 fully saturated rings. The van der Waals surface area contributed by atoms with E-state index in [9.17, 15) is 0 Å². The molecule has 1 unspecified atom stereocenters. The Kier molecular flexibility index (Phi) is 11.0. The minimum Gasteiger partial charge on any atom is -0.381 e. The zero-order chi connectivity index (χ0) is 13.1. The molecule has 0 aliphatic carbocycles. The van der Waals surface area contributed by atoms with Gasteiger partial charge in [-0.15, -0.1) is 0 Å². The standard InChI is InChI=1S/C15H33NO/c1-6-9-16-15(11-13(2)3)8-7-10-17-12-14(4)5/h13-16H,6-12H2,1-5H3. The maximum Gasteiger partial charge on any atom is 0.0488 e. The second kappa shape index (κ2) is 11.0. The lowest BCUT2D eigenvalue weighted by molar-refractivity contribution is 0.104. The maximum atomic E-state index is 5.63. The molecule has 0 aromatic rings. The van der Waals surface area contributed by atoms with Crippen molar-refractivity contribution in [1.29, 1.82) is 0 Å². The summed E-state index contributed by atoms with van der Waals surface area (Å²) in [5.41, 5.74) is 0. The highest BCUT2D eigenvalue weighted by atomic mass is 16.5. The summed E-state index contributed by atoms with van der Waals surface area (Å²) in [4.78, 5) is 0. The van der Waals surface area contributed by atoms with E-state index in [1.807, 2.05) is 0 Å². The van der Waals surface area contributed by atoms with Gasteiger partial charge < -0.3 is 10.1 Å². The number of hydrogen-bond donors (Lipinski definition) is 1. The van der Waals surface area contributed by atoms with Crippen LogP contribution in [0, 0.1) is 11.8 Å². The summed E-state index contributed by atoms with van der Waals surface area (Å²) in [7, 11) is 0. The first-order valence-electron chi connectivity index (χ1n) is 7.37. The molecule has 2 nitrogen and oxygen atoms in total. The van der Waals surface area contributed by atoms with Crippen LogP contribution >= 0.6 is 0 Å². The van der Waals surface area contributed by atoms with Crippen LogP contribution in [0.3, 0.4) is 0 Å². The van der Waals surface area contributed by atoms with Gasteiger partial charge in [0.05, 0.1) is 0 Å². The lowest BCUT2D eigenvalue weighted by atomic mass is 10.00. The van der Waals surface area contributed by atoms with Crippen molar-refractivity contribution < 1.29 is 4.74 Å². The monoisotopic (exact) mass is 243 g/mol. The van der Waals surface area contributed by atoms with Crippen molar-refractivity contribution in [3.63, 3.8) is 0 Å². The summed E-state index contributed by atoms with van der Waals surface area (Å²) in [5, 5.41) is 3.64. The number of ether oxygens (including phenoxy) is 1. The smallest absolute Gasteiger partial charge is 0.0488 e. The molecule has 104 valence electrons. The minimum atomic E-state index is 0.652. The average Bonchev–Trinajstić information content (AvgIpc) is 2.23. The Morgan fingerprint density at radius 3 is 2.29 bits per heavy atom. The van der Waals surface area contributed by atoms with E-state index in [4.69, 9.17) is 4.74 Å². The Hall–Kier alpha value is -0.0800. The highest BCUT2D eigenvalue weighted by Gasteiger charge is 2.09. The van der Waals surface area contributed by atoms with Crippen LogP contribution in [0.5, 0.6) is 0 Å². The van der Waals surface area contributed by atoms with Crippen LogP contribution in [0.2, 0.25) is 0 Å². The van der Waals surface area contributed by atoms with Crippen molar-refractivity contribution >= 4 is 0 Å². The molecule has 0 bridgehead atoms. The van der Waals surface area contributed by atoms with E-state index in [-0.39, 0.29) is 0 Å². The molecule has 0 heterocycles. The Morgan fingerprint density at radius 1 is 1.06 bits per heavy atom. The van der Waals surface area contributed by atoms with Crippen molar-refractivity contribution in [1.82, 2.24) is 5.32 Å². The fourth-order valence-electron chi connectivity index (χ4n) is 1.97. The second-order valence-electron chi connectivity index (χ2n) is 5.89. The Labute approximate surface area is 109 Å². The third-order valence-corrected chi connectivity index (χ3v) is 2.73. The van der Waals surface area contributed by atoms with Gasteiger partial charge in [-0.3, -0.25) is 0 Å². The minimum absolute atomic E-state index is 0.652. The van der Waals surface area contributed by atoms with E-state index in [2.05, 4.69) is 39.9 Å². The zero-order valence-corrected chi connectivity index (χ0v) is 12.6. The number of hydrogen-bond acceptors (Lipinski definition) is 2. The topological polar surface area (TPSA) is 21.3 Å². The first kappa shape index (κ1) is 16.9. The summed E-state index contributed by atoms with van der Waals surface area (Å²) < 4.78 is 5.63. The lowest BCUT2D eigenvalue weighted by Crippen LogP contribution is -2.31. The van der Waals surface area contributed by atoms with Crippen LogP contribution < -0.4 is 5.32 Å². The molecule has 0 amide bonds.